The SMILES string of the molecule is CC(C)n1cnc([C@H]2CN(C(=O)c3ccccn3)c3ccc(C(=O)N4CCC(O)CC4)cc32)n1. The van der Waals surface area contributed by atoms with E-state index in [-0.39, 0.29) is 29.9 Å². The third-order valence-electron chi connectivity index (χ3n) is 6.55. The van der Waals surface area contributed by atoms with E-state index in [0.29, 0.717) is 49.6 Å². The molecule has 0 bridgehead atoms. The fourth-order valence-electron chi connectivity index (χ4n) is 4.58. The van der Waals surface area contributed by atoms with Crippen LogP contribution in [-0.4, -0.2) is 67.3 Å². The van der Waals surface area contributed by atoms with Crippen LogP contribution in [0, 0.1) is 0 Å². The minimum Gasteiger partial charge on any atom is -0.393 e. The summed E-state index contributed by atoms with van der Waals surface area (Å²) < 4.78 is 1.80. The predicted octanol–water partition coefficient (Wildman–Crippen LogP) is 2.64. The molecule has 3 aromatic rings. The number of benzene rings is 1. The summed E-state index contributed by atoms with van der Waals surface area (Å²) in [5.74, 6) is 0.107. The first-order chi connectivity index (χ1) is 16.4. The molecule has 34 heavy (non-hydrogen) atoms. The highest BCUT2D eigenvalue weighted by Crippen LogP contribution is 2.40. The number of aliphatic hydroxyl groups excluding tert-OH is 1. The number of aromatic nitrogens is 4. The normalized spacial score (nSPS) is 18.4. The lowest BCUT2D eigenvalue weighted by Crippen LogP contribution is -2.40. The summed E-state index contributed by atoms with van der Waals surface area (Å²) in [7, 11) is 0. The van der Waals surface area contributed by atoms with Gasteiger partial charge in [-0.05, 0) is 62.6 Å². The largest absolute Gasteiger partial charge is 0.393 e. The van der Waals surface area contributed by atoms with Crippen LogP contribution in [0.5, 0.6) is 0 Å². The Morgan fingerprint density at radius 1 is 1.06 bits per heavy atom. The molecule has 1 N–H and O–H groups in total. The van der Waals surface area contributed by atoms with Crippen molar-refractivity contribution >= 4 is 17.5 Å². The summed E-state index contributed by atoms with van der Waals surface area (Å²) in [5.41, 5.74) is 2.53. The highest BCUT2D eigenvalue weighted by molar-refractivity contribution is 6.07. The second-order valence-corrected chi connectivity index (χ2v) is 9.16. The van der Waals surface area contributed by atoms with Crippen LogP contribution in [-0.2, 0) is 0 Å². The van der Waals surface area contributed by atoms with Crippen LogP contribution in [0.4, 0.5) is 5.69 Å². The van der Waals surface area contributed by atoms with Crippen molar-refractivity contribution < 1.29 is 14.7 Å². The molecule has 9 heteroatoms. The van der Waals surface area contributed by atoms with E-state index in [1.54, 1.807) is 51.3 Å². The van der Waals surface area contributed by atoms with Crippen molar-refractivity contribution in [2.75, 3.05) is 24.5 Å². The van der Waals surface area contributed by atoms with Crippen LogP contribution in [0.1, 0.15) is 70.9 Å². The van der Waals surface area contributed by atoms with Gasteiger partial charge in [0.15, 0.2) is 5.82 Å². The molecule has 0 radical (unpaired) electrons. The maximum absolute atomic E-state index is 13.3. The van der Waals surface area contributed by atoms with Gasteiger partial charge in [0, 0.05) is 43.1 Å². The molecule has 0 spiro atoms. The molecule has 1 saturated heterocycles. The average molecular weight is 461 g/mol. The van der Waals surface area contributed by atoms with Crippen molar-refractivity contribution in [1.82, 2.24) is 24.6 Å². The van der Waals surface area contributed by atoms with Gasteiger partial charge in [-0.15, -0.1) is 0 Å². The Labute approximate surface area is 198 Å². The minimum atomic E-state index is -0.346. The van der Waals surface area contributed by atoms with E-state index >= 15 is 0 Å². The Morgan fingerprint density at radius 3 is 2.53 bits per heavy atom. The molecule has 4 heterocycles. The van der Waals surface area contributed by atoms with E-state index in [0.717, 1.165) is 11.3 Å². The van der Waals surface area contributed by atoms with E-state index in [2.05, 4.69) is 15.1 Å². The Hall–Kier alpha value is -3.59. The molecule has 5 rings (SSSR count). The molecular weight excluding hydrogens is 432 g/mol. The lowest BCUT2D eigenvalue weighted by Gasteiger charge is -2.29. The number of carbonyl (C=O) groups excluding carboxylic acids is 2. The van der Waals surface area contributed by atoms with E-state index in [1.165, 1.54) is 0 Å². The number of likely N-dealkylation sites (tertiary alicyclic amines) is 1. The first-order valence-electron chi connectivity index (χ1n) is 11.7. The molecule has 0 saturated carbocycles. The second kappa shape index (κ2) is 8.98. The zero-order valence-corrected chi connectivity index (χ0v) is 19.3. The number of aliphatic hydroxyl groups is 1. The Morgan fingerprint density at radius 2 is 1.85 bits per heavy atom. The van der Waals surface area contributed by atoms with E-state index in [1.807, 2.05) is 26.0 Å². The quantitative estimate of drug-likeness (QED) is 0.642. The number of nitrogens with zero attached hydrogens (tertiary/aromatic N) is 6. The minimum absolute atomic E-state index is 0.0661. The maximum atomic E-state index is 13.3. The summed E-state index contributed by atoms with van der Waals surface area (Å²) in [5, 5.41) is 14.4. The number of anilines is 1. The third kappa shape index (κ3) is 4.07. The first kappa shape index (κ1) is 22.2. The molecule has 1 fully saturated rings. The summed E-state index contributed by atoms with van der Waals surface area (Å²) in [6.07, 6.45) is 4.13. The number of fused-ring (bicyclic) bond motifs is 1. The van der Waals surface area contributed by atoms with Gasteiger partial charge in [-0.25, -0.2) is 4.98 Å². The number of piperidine rings is 1. The Bertz CT molecular complexity index is 1200. The van der Waals surface area contributed by atoms with Gasteiger partial charge in [0.25, 0.3) is 11.8 Å². The van der Waals surface area contributed by atoms with E-state index in [4.69, 9.17) is 0 Å². The van der Waals surface area contributed by atoms with Gasteiger partial charge in [0.2, 0.25) is 0 Å². The van der Waals surface area contributed by atoms with Crippen LogP contribution in [0.15, 0.2) is 48.9 Å². The van der Waals surface area contributed by atoms with Gasteiger partial charge < -0.3 is 14.9 Å². The molecule has 2 amide bonds. The number of amides is 2. The van der Waals surface area contributed by atoms with Crippen molar-refractivity contribution in [3.8, 4) is 0 Å². The molecule has 2 aromatic heterocycles. The van der Waals surface area contributed by atoms with E-state index < -0.39 is 0 Å². The van der Waals surface area contributed by atoms with Gasteiger partial charge in [0.1, 0.15) is 12.0 Å². The lowest BCUT2D eigenvalue weighted by molar-refractivity contribution is 0.0546. The van der Waals surface area contributed by atoms with Crippen LogP contribution in [0.3, 0.4) is 0 Å². The summed E-state index contributed by atoms with van der Waals surface area (Å²) in [4.78, 5) is 38.7. The third-order valence-corrected chi connectivity index (χ3v) is 6.55. The average Bonchev–Trinajstić information content (AvgIpc) is 3.49. The smallest absolute Gasteiger partial charge is 0.276 e. The first-order valence-corrected chi connectivity index (χ1v) is 11.7. The highest BCUT2D eigenvalue weighted by Gasteiger charge is 2.37. The molecular formula is C25H28N6O3. The molecule has 1 aromatic carbocycles. The van der Waals surface area contributed by atoms with Gasteiger partial charge in [-0.1, -0.05) is 6.07 Å². The standard InChI is InChI=1S/C25H28N6O3/c1-16(2)31-15-27-23(28-31)20-14-30(25(34)21-5-3-4-10-26-21)22-7-6-17(13-19(20)22)24(33)29-11-8-18(32)9-12-29/h3-7,10,13,15-16,18,20,32H,8-9,11-12,14H2,1-2H3/t20-/m0/s1. The monoisotopic (exact) mass is 460 g/mol. The van der Waals surface area contributed by atoms with Crippen molar-refractivity contribution in [2.24, 2.45) is 0 Å². The van der Waals surface area contributed by atoms with Crippen LogP contribution in [0.25, 0.3) is 0 Å². The van der Waals surface area contributed by atoms with Gasteiger partial charge >= 0.3 is 0 Å². The topological polar surface area (TPSA) is 104 Å². The maximum Gasteiger partial charge on any atom is 0.276 e. The predicted molar refractivity (Wildman–Crippen MR) is 126 cm³/mol. The molecule has 176 valence electrons. The second-order valence-electron chi connectivity index (χ2n) is 9.16. The van der Waals surface area contributed by atoms with Crippen LogP contribution >= 0.6 is 0 Å². The highest BCUT2D eigenvalue weighted by atomic mass is 16.3. The molecule has 2 aliphatic rings. The number of carbonyl (C=O) groups is 2. The molecule has 2 aliphatic heterocycles. The van der Waals surface area contributed by atoms with Crippen LogP contribution < -0.4 is 4.90 Å². The molecule has 9 nitrogen and oxygen atoms in total. The van der Waals surface area contributed by atoms with Crippen molar-refractivity contribution in [3.05, 3.63) is 71.6 Å². The van der Waals surface area contributed by atoms with Gasteiger partial charge in [0.05, 0.1) is 12.0 Å². The number of rotatable bonds is 4. The molecule has 0 aliphatic carbocycles. The zero-order chi connectivity index (χ0) is 23.8. The molecule has 1 atom stereocenters. The number of hydrogen-bond acceptors (Lipinski definition) is 6. The van der Waals surface area contributed by atoms with E-state index in [9.17, 15) is 14.7 Å². The van der Waals surface area contributed by atoms with Crippen molar-refractivity contribution in [1.29, 1.82) is 0 Å². The number of hydrogen-bond donors (Lipinski definition) is 1. The lowest BCUT2D eigenvalue weighted by atomic mass is 9.97. The summed E-state index contributed by atoms with van der Waals surface area (Å²) in [6, 6.07) is 10.9. The van der Waals surface area contributed by atoms with Crippen LogP contribution in [0.2, 0.25) is 0 Å². The number of pyridine rings is 1. The molecule has 0 unspecified atom stereocenters. The van der Waals surface area contributed by atoms with Gasteiger partial charge in [-0.3, -0.25) is 19.3 Å². The van der Waals surface area contributed by atoms with Crippen molar-refractivity contribution in [3.63, 3.8) is 0 Å². The fraction of sp³-hybridized carbons (Fsp3) is 0.400. The Balaban J connectivity index is 1.51. The van der Waals surface area contributed by atoms with Crippen molar-refractivity contribution in [2.45, 2.75) is 44.8 Å². The van der Waals surface area contributed by atoms with Gasteiger partial charge in [-0.2, -0.15) is 5.10 Å². The summed E-state index contributed by atoms with van der Waals surface area (Å²) in [6.45, 7) is 5.51. The fourth-order valence-corrected chi connectivity index (χ4v) is 4.58. The summed E-state index contributed by atoms with van der Waals surface area (Å²) >= 11 is 0. The Kier molecular flexibility index (Phi) is 5.87. The zero-order valence-electron chi connectivity index (χ0n) is 19.3.